The zero-order valence-corrected chi connectivity index (χ0v) is 22.0. The van der Waals surface area contributed by atoms with Crippen LogP contribution >= 0.6 is 0 Å². The van der Waals surface area contributed by atoms with Gasteiger partial charge in [-0.05, 0) is 63.7 Å². The van der Waals surface area contributed by atoms with Gasteiger partial charge >= 0.3 is 0 Å². The van der Waals surface area contributed by atoms with Crippen LogP contribution in [-0.2, 0) is 34.3 Å². The van der Waals surface area contributed by atoms with E-state index >= 15 is 0 Å². The van der Waals surface area contributed by atoms with Gasteiger partial charge in [0.2, 0.25) is 0 Å². The summed E-state index contributed by atoms with van der Waals surface area (Å²) in [6.07, 6.45) is 7.43. The lowest BCUT2D eigenvalue weighted by Crippen LogP contribution is -2.81. The van der Waals surface area contributed by atoms with Crippen molar-refractivity contribution < 1.29 is 23.5 Å². The number of likely N-dealkylation sites (N-methyl/N-ethyl adjacent to an activating group) is 1. The minimum Gasteiger partial charge on any atom is -0.493 e. The van der Waals surface area contributed by atoms with Gasteiger partial charge in [0.1, 0.15) is 18.3 Å². The van der Waals surface area contributed by atoms with Crippen molar-refractivity contribution in [3.63, 3.8) is 0 Å². The van der Waals surface area contributed by atoms with E-state index in [1.807, 2.05) is 13.2 Å². The number of aryl methyl sites for hydroxylation is 1. The van der Waals surface area contributed by atoms with Gasteiger partial charge in [0.25, 0.3) is 0 Å². The highest BCUT2D eigenvalue weighted by Crippen LogP contribution is 2.76. The Balaban J connectivity index is 1.26. The molecule has 8 rings (SSSR count). The molecule has 4 bridgehead atoms. The van der Waals surface area contributed by atoms with Crippen LogP contribution in [0.15, 0.2) is 22.7 Å². The van der Waals surface area contributed by atoms with E-state index in [4.69, 9.17) is 23.5 Å². The number of ether oxygens (including phenoxy) is 4. The van der Waals surface area contributed by atoms with Gasteiger partial charge in [-0.1, -0.05) is 24.6 Å². The number of methoxy groups -OCH3 is 2. The Kier molecular flexibility index (Phi) is 5.09. The van der Waals surface area contributed by atoms with Gasteiger partial charge in [-0.25, -0.2) is 0 Å². The van der Waals surface area contributed by atoms with E-state index < -0.39 is 0 Å². The SMILES string of the molecule is CCCc1cc(COC[C@H]2CC34CCC2(OC)[C@@H]2Oc5c(OC)ccc6c5C23CCN(C)[C@@H]4C6)on1. The predicted octanol–water partition coefficient (Wildman–Crippen LogP) is 4.30. The fourth-order valence-corrected chi connectivity index (χ4v) is 9.28. The maximum Gasteiger partial charge on any atom is 0.165 e. The van der Waals surface area contributed by atoms with E-state index in [-0.39, 0.29) is 28.5 Å². The van der Waals surface area contributed by atoms with Crippen LogP contribution < -0.4 is 9.47 Å². The number of hydrogen-bond acceptors (Lipinski definition) is 7. The molecule has 1 aromatic carbocycles. The number of likely N-dealkylation sites (tertiary alicyclic amines) is 1. The molecule has 1 aromatic heterocycles. The lowest BCUT2D eigenvalue weighted by Gasteiger charge is -2.73. The van der Waals surface area contributed by atoms with Gasteiger partial charge in [-0.15, -0.1) is 0 Å². The molecular weight excluding hydrogens is 456 g/mol. The summed E-state index contributed by atoms with van der Waals surface area (Å²) < 4.78 is 31.3. The highest BCUT2D eigenvalue weighted by atomic mass is 16.6. The van der Waals surface area contributed by atoms with Crippen molar-refractivity contribution in [3.05, 3.63) is 40.8 Å². The minimum atomic E-state index is -0.379. The van der Waals surface area contributed by atoms with Gasteiger partial charge in [-0.3, -0.25) is 0 Å². The molecule has 0 amide bonds. The molecule has 6 atom stereocenters. The maximum absolute atomic E-state index is 7.03. The third-order valence-electron chi connectivity index (χ3n) is 10.7. The summed E-state index contributed by atoms with van der Waals surface area (Å²) in [6, 6.07) is 6.92. The van der Waals surface area contributed by atoms with Crippen molar-refractivity contribution in [2.24, 2.45) is 11.3 Å². The number of aromatic nitrogens is 1. The Bertz CT molecular complexity index is 1180. The summed E-state index contributed by atoms with van der Waals surface area (Å²) >= 11 is 0. The van der Waals surface area contributed by atoms with E-state index in [2.05, 4.69) is 36.2 Å². The summed E-state index contributed by atoms with van der Waals surface area (Å²) in [7, 11) is 5.96. The molecule has 4 aliphatic carbocycles. The van der Waals surface area contributed by atoms with Gasteiger partial charge in [0, 0.05) is 41.5 Å². The third kappa shape index (κ3) is 2.67. The molecule has 2 aliphatic heterocycles. The van der Waals surface area contributed by atoms with Crippen LogP contribution in [0.1, 0.15) is 61.6 Å². The summed E-state index contributed by atoms with van der Waals surface area (Å²) in [6.45, 7) is 4.32. The number of rotatable bonds is 8. The monoisotopic (exact) mass is 494 g/mol. The van der Waals surface area contributed by atoms with Crippen LogP contribution in [0.4, 0.5) is 0 Å². The number of hydrogen-bond donors (Lipinski definition) is 0. The van der Waals surface area contributed by atoms with Crippen molar-refractivity contribution >= 4 is 0 Å². The molecule has 2 spiro atoms. The Morgan fingerprint density at radius 2 is 2.08 bits per heavy atom. The molecule has 7 heteroatoms. The Morgan fingerprint density at radius 3 is 2.89 bits per heavy atom. The summed E-state index contributed by atoms with van der Waals surface area (Å²) in [5.41, 5.74) is 3.63. The first kappa shape index (κ1) is 23.1. The summed E-state index contributed by atoms with van der Waals surface area (Å²) in [5, 5.41) is 4.18. The summed E-state index contributed by atoms with van der Waals surface area (Å²) in [4.78, 5) is 2.63. The molecule has 0 N–H and O–H groups in total. The normalized spacial score (nSPS) is 37.6. The predicted molar refractivity (Wildman–Crippen MR) is 133 cm³/mol. The molecule has 3 heterocycles. The van der Waals surface area contributed by atoms with Crippen molar-refractivity contribution in [2.75, 3.05) is 34.4 Å². The second-order valence-electron chi connectivity index (χ2n) is 11.8. The van der Waals surface area contributed by atoms with Crippen LogP contribution in [0.2, 0.25) is 0 Å². The molecular formula is C29H38N2O5. The Morgan fingerprint density at radius 1 is 1.19 bits per heavy atom. The molecule has 2 aromatic rings. The average Bonchev–Trinajstić information content (AvgIpc) is 3.49. The zero-order valence-electron chi connectivity index (χ0n) is 22.0. The first-order chi connectivity index (χ1) is 17.5. The van der Waals surface area contributed by atoms with Gasteiger partial charge in [-0.2, -0.15) is 0 Å². The molecule has 6 aliphatic rings. The first-order valence-corrected chi connectivity index (χ1v) is 13.7. The van der Waals surface area contributed by atoms with Crippen LogP contribution in [-0.4, -0.2) is 62.2 Å². The lowest BCUT2D eigenvalue weighted by atomic mass is 9.35. The van der Waals surface area contributed by atoms with E-state index in [0.717, 1.165) is 68.0 Å². The second kappa shape index (κ2) is 7.95. The molecule has 7 nitrogen and oxygen atoms in total. The lowest BCUT2D eigenvalue weighted by molar-refractivity contribution is -0.282. The quantitative estimate of drug-likeness (QED) is 0.542. The first-order valence-electron chi connectivity index (χ1n) is 13.7. The fourth-order valence-electron chi connectivity index (χ4n) is 9.28. The molecule has 36 heavy (non-hydrogen) atoms. The average molecular weight is 495 g/mol. The van der Waals surface area contributed by atoms with Crippen LogP contribution in [0.25, 0.3) is 0 Å². The molecule has 4 fully saturated rings. The smallest absolute Gasteiger partial charge is 0.165 e. The van der Waals surface area contributed by atoms with Crippen LogP contribution in [0.3, 0.4) is 0 Å². The largest absolute Gasteiger partial charge is 0.493 e. The van der Waals surface area contributed by atoms with Crippen LogP contribution in [0.5, 0.6) is 11.5 Å². The Hall–Kier alpha value is -2.09. The molecule has 3 saturated carbocycles. The number of fused-ring (bicyclic) bond motifs is 2. The number of piperidine rings is 1. The van der Waals surface area contributed by atoms with Gasteiger partial charge in [0.15, 0.2) is 17.3 Å². The number of nitrogens with zero attached hydrogens (tertiary/aromatic N) is 2. The highest BCUT2D eigenvalue weighted by Gasteiger charge is 2.80. The highest BCUT2D eigenvalue weighted by molar-refractivity contribution is 5.63. The Labute approximate surface area is 213 Å². The summed E-state index contributed by atoms with van der Waals surface area (Å²) in [5.74, 6) is 2.89. The number of benzene rings is 1. The molecule has 194 valence electrons. The topological polar surface area (TPSA) is 66.2 Å². The van der Waals surface area contributed by atoms with E-state index in [0.29, 0.717) is 19.3 Å². The fraction of sp³-hybridized carbons (Fsp3) is 0.690. The van der Waals surface area contributed by atoms with Crippen molar-refractivity contribution in [1.82, 2.24) is 10.1 Å². The molecule has 1 saturated heterocycles. The van der Waals surface area contributed by atoms with Crippen molar-refractivity contribution in [2.45, 2.75) is 81.6 Å². The molecule has 3 unspecified atom stereocenters. The van der Waals surface area contributed by atoms with Crippen LogP contribution in [0, 0.1) is 11.3 Å². The molecule has 0 radical (unpaired) electrons. The minimum absolute atomic E-state index is 0.0194. The van der Waals surface area contributed by atoms with E-state index in [1.165, 1.54) is 17.5 Å². The van der Waals surface area contributed by atoms with Gasteiger partial charge in [0.05, 0.1) is 19.4 Å². The van der Waals surface area contributed by atoms with Crippen molar-refractivity contribution in [3.8, 4) is 11.5 Å². The third-order valence-corrected chi connectivity index (χ3v) is 10.7. The second-order valence-corrected chi connectivity index (χ2v) is 11.8. The maximum atomic E-state index is 7.03. The zero-order chi connectivity index (χ0) is 24.7. The standard InChI is InChI=1S/C29H38N2O5/c1-5-6-20-14-21(36-30-20)17-34-16-19-15-27-9-10-29(19,33-4)26-28(27)11-12-31(2)23(27)13-18-7-8-22(32-3)25(35-26)24(18)28/h7-8,14,19,23,26H,5-6,9-13,15-17H2,1-4H3/t19-,23-,26-,27?,28?,29?/m1/s1. The van der Waals surface area contributed by atoms with Gasteiger partial charge < -0.3 is 28.4 Å². The van der Waals surface area contributed by atoms with E-state index in [1.54, 1.807) is 7.11 Å². The van der Waals surface area contributed by atoms with E-state index in [9.17, 15) is 0 Å². The van der Waals surface area contributed by atoms with Crippen molar-refractivity contribution in [1.29, 1.82) is 0 Å².